The summed E-state index contributed by atoms with van der Waals surface area (Å²) in [5.74, 6) is -0.421. The molecule has 1 aromatic carbocycles. The molecule has 30 heavy (non-hydrogen) atoms. The molecule has 160 valence electrons. The maximum atomic E-state index is 12.3. The maximum absolute atomic E-state index is 12.3. The Bertz CT molecular complexity index is 876. The van der Waals surface area contributed by atoms with E-state index in [1.807, 2.05) is 32.9 Å². The van der Waals surface area contributed by atoms with Crippen molar-refractivity contribution in [3.63, 3.8) is 0 Å². The highest BCUT2D eigenvalue weighted by molar-refractivity contribution is 6.01. The number of nitriles is 1. The van der Waals surface area contributed by atoms with Crippen molar-refractivity contribution in [1.29, 1.82) is 5.26 Å². The Hall–Kier alpha value is -3.08. The van der Waals surface area contributed by atoms with Crippen molar-refractivity contribution >= 4 is 23.6 Å². The molecular weight excluding hydrogens is 384 g/mol. The zero-order chi connectivity index (χ0) is 21.9. The third-order valence-corrected chi connectivity index (χ3v) is 5.34. The molecule has 8 nitrogen and oxygen atoms in total. The molecule has 8 heteroatoms. The first-order valence-electron chi connectivity index (χ1n) is 10.3. The second kappa shape index (κ2) is 8.74. The quantitative estimate of drug-likeness (QED) is 0.739. The third kappa shape index (κ3) is 5.29. The second-order valence-corrected chi connectivity index (χ2v) is 8.80. The van der Waals surface area contributed by atoms with E-state index in [0.717, 1.165) is 18.4 Å². The molecule has 2 fully saturated rings. The monoisotopic (exact) mass is 412 g/mol. The highest BCUT2D eigenvalue weighted by Crippen LogP contribution is 2.32. The smallest absolute Gasteiger partial charge is 0.410 e. The fourth-order valence-corrected chi connectivity index (χ4v) is 3.83. The number of carbonyl (C=O) groups excluding carboxylic acids is 3. The minimum Gasteiger partial charge on any atom is -0.444 e. The van der Waals surface area contributed by atoms with E-state index in [9.17, 15) is 19.6 Å². The van der Waals surface area contributed by atoms with Crippen LogP contribution in [0.5, 0.6) is 0 Å². The molecule has 0 aliphatic carbocycles. The number of ether oxygens (including phenoxy) is 1. The first-order chi connectivity index (χ1) is 14.2. The normalized spacial score (nSPS) is 20.3. The van der Waals surface area contributed by atoms with E-state index in [0.29, 0.717) is 37.2 Å². The van der Waals surface area contributed by atoms with E-state index >= 15 is 0 Å². The van der Waals surface area contributed by atoms with Gasteiger partial charge in [-0.05, 0) is 63.6 Å². The highest BCUT2D eigenvalue weighted by Gasteiger charge is 2.29. The number of hydrogen-bond donors (Lipinski definition) is 2. The number of imide groups is 1. The average molecular weight is 412 g/mol. The standard InChI is InChI=1S/C22H28N4O4/c1-22(2,3)30-21(29)26-10-8-14(9-11-26)17-5-4-16(12-15(17)13-23)24-18-6-7-19(27)25-20(18)28/h4-5,12,14,18,24H,6-11H2,1-3H3,(H,25,27,28). The van der Waals surface area contributed by atoms with Gasteiger partial charge in [-0.3, -0.25) is 14.9 Å². The van der Waals surface area contributed by atoms with Crippen LogP contribution in [0.3, 0.4) is 0 Å². The minimum atomic E-state index is -0.521. The summed E-state index contributed by atoms with van der Waals surface area (Å²) in [5, 5.41) is 15.1. The van der Waals surface area contributed by atoms with Crippen LogP contribution in [-0.4, -0.2) is 47.5 Å². The molecule has 0 saturated carbocycles. The number of carbonyl (C=O) groups is 3. The fourth-order valence-electron chi connectivity index (χ4n) is 3.83. The van der Waals surface area contributed by atoms with E-state index in [1.165, 1.54) is 0 Å². The number of amides is 3. The highest BCUT2D eigenvalue weighted by atomic mass is 16.6. The van der Waals surface area contributed by atoms with Gasteiger partial charge < -0.3 is 15.0 Å². The Balaban J connectivity index is 1.63. The van der Waals surface area contributed by atoms with Crippen molar-refractivity contribution in [3.05, 3.63) is 29.3 Å². The number of hydrogen-bond acceptors (Lipinski definition) is 6. The average Bonchev–Trinajstić information content (AvgIpc) is 2.69. The van der Waals surface area contributed by atoms with Gasteiger partial charge in [0.05, 0.1) is 11.6 Å². The molecule has 0 aromatic heterocycles. The molecule has 2 aliphatic heterocycles. The molecular formula is C22H28N4O4. The Kier molecular flexibility index (Phi) is 6.30. The number of nitrogens with one attached hydrogen (secondary N) is 2. The first kappa shape index (κ1) is 21.6. The van der Waals surface area contributed by atoms with Gasteiger partial charge in [0.1, 0.15) is 11.6 Å². The lowest BCUT2D eigenvalue weighted by molar-refractivity contribution is -0.133. The van der Waals surface area contributed by atoms with Crippen LogP contribution < -0.4 is 10.6 Å². The summed E-state index contributed by atoms with van der Waals surface area (Å²) in [5.41, 5.74) is 1.67. The summed E-state index contributed by atoms with van der Waals surface area (Å²) < 4.78 is 5.44. The van der Waals surface area contributed by atoms with Gasteiger partial charge in [0.15, 0.2) is 0 Å². The van der Waals surface area contributed by atoms with Crippen LogP contribution in [-0.2, 0) is 14.3 Å². The van der Waals surface area contributed by atoms with Gasteiger partial charge in [-0.25, -0.2) is 4.79 Å². The molecule has 2 heterocycles. The summed E-state index contributed by atoms with van der Waals surface area (Å²) in [6, 6.07) is 7.29. The van der Waals surface area contributed by atoms with Crippen molar-refractivity contribution in [1.82, 2.24) is 10.2 Å². The van der Waals surface area contributed by atoms with Crippen molar-refractivity contribution in [2.75, 3.05) is 18.4 Å². The lowest BCUT2D eigenvalue weighted by Crippen LogP contribution is -2.47. The number of nitrogens with zero attached hydrogens (tertiary/aromatic N) is 2. The van der Waals surface area contributed by atoms with Crippen molar-refractivity contribution in [2.45, 2.75) is 64.0 Å². The predicted molar refractivity (Wildman–Crippen MR) is 111 cm³/mol. The van der Waals surface area contributed by atoms with E-state index < -0.39 is 11.6 Å². The summed E-state index contributed by atoms with van der Waals surface area (Å²) in [7, 11) is 0. The number of benzene rings is 1. The summed E-state index contributed by atoms with van der Waals surface area (Å²) >= 11 is 0. The van der Waals surface area contributed by atoms with Crippen LogP contribution in [0.15, 0.2) is 18.2 Å². The number of rotatable bonds is 3. The molecule has 1 atom stereocenters. The molecule has 3 rings (SSSR count). The number of piperidine rings is 2. The van der Waals surface area contributed by atoms with Gasteiger partial charge in [0, 0.05) is 25.2 Å². The fraction of sp³-hybridized carbons (Fsp3) is 0.545. The lowest BCUT2D eigenvalue weighted by Gasteiger charge is -2.34. The molecule has 1 aromatic rings. The van der Waals surface area contributed by atoms with Crippen LogP contribution in [0.1, 0.15) is 63.5 Å². The Labute approximate surface area is 176 Å². The topological polar surface area (TPSA) is 112 Å². The second-order valence-electron chi connectivity index (χ2n) is 8.80. The van der Waals surface area contributed by atoms with Crippen molar-refractivity contribution in [3.8, 4) is 6.07 Å². The molecule has 2 N–H and O–H groups in total. The lowest BCUT2D eigenvalue weighted by atomic mass is 9.86. The van der Waals surface area contributed by atoms with Crippen molar-refractivity contribution < 1.29 is 19.1 Å². The van der Waals surface area contributed by atoms with E-state index in [2.05, 4.69) is 16.7 Å². The molecule has 3 amide bonds. The van der Waals surface area contributed by atoms with Gasteiger partial charge in [-0.1, -0.05) is 6.07 Å². The van der Waals surface area contributed by atoms with Crippen LogP contribution in [0, 0.1) is 11.3 Å². The molecule has 0 spiro atoms. The van der Waals surface area contributed by atoms with Crippen molar-refractivity contribution in [2.24, 2.45) is 0 Å². The minimum absolute atomic E-state index is 0.183. The van der Waals surface area contributed by atoms with Gasteiger partial charge in [0.25, 0.3) is 0 Å². The van der Waals surface area contributed by atoms with Gasteiger partial charge in [-0.2, -0.15) is 5.26 Å². The molecule has 2 aliphatic rings. The van der Waals surface area contributed by atoms with Crippen LogP contribution >= 0.6 is 0 Å². The molecule has 0 radical (unpaired) electrons. The van der Waals surface area contributed by atoms with Gasteiger partial charge >= 0.3 is 6.09 Å². The Morgan fingerprint density at radius 3 is 2.53 bits per heavy atom. The van der Waals surface area contributed by atoms with Crippen LogP contribution in [0.2, 0.25) is 0 Å². The summed E-state index contributed by atoms with van der Waals surface area (Å²) in [4.78, 5) is 37.2. The maximum Gasteiger partial charge on any atom is 0.410 e. The Morgan fingerprint density at radius 1 is 1.23 bits per heavy atom. The van der Waals surface area contributed by atoms with Crippen LogP contribution in [0.25, 0.3) is 0 Å². The zero-order valence-corrected chi connectivity index (χ0v) is 17.7. The SMILES string of the molecule is CC(C)(C)OC(=O)N1CCC(c2ccc(NC3CCC(=O)NC3=O)cc2C#N)CC1. The van der Waals surface area contributed by atoms with E-state index in [4.69, 9.17) is 4.74 Å². The molecule has 0 bridgehead atoms. The third-order valence-electron chi connectivity index (χ3n) is 5.34. The predicted octanol–water partition coefficient (Wildman–Crippen LogP) is 2.89. The van der Waals surface area contributed by atoms with Gasteiger partial charge in [-0.15, -0.1) is 0 Å². The molecule has 1 unspecified atom stereocenters. The molecule has 2 saturated heterocycles. The zero-order valence-electron chi connectivity index (χ0n) is 17.7. The Morgan fingerprint density at radius 2 is 1.93 bits per heavy atom. The number of anilines is 1. The van der Waals surface area contributed by atoms with Gasteiger partial charge in [0.2, 0.25) is 11.8 Å². The van der Waals surface area contributed by atoms with E-state index in [-0.39, 0.29) is 23.8 Å². The van der Waals surface area contributed by atoms with Crippen LogP contribution in [0.4, 0.5) is 10.5 Å². The van der Waals surface area contributed by atoms with E-state index in [1.54, 1.807) is 11.0 Å². The largest absolute Gasteiger partial charge is 0.444 e. The summed E-state index contributed by atoms with van der Waals surface area (Å²) in [6.07, 6.45) is 1.94. The first-order valence-corrected chi connectivity index (χ1v) is 10.3. The number of likely N-dealkylation sites (tertiary alicyclic amines) is 1. The summed E-state index contributed by atoms with van der Waals surface area (Å²) in [6.45, 7) is 6.71.